The quantitative estimate of drug-likeness (QED) is 0.410. The maximum atomic E-state index is 13.2. The van der Waals surface area contributed by atoms with Crippen LogP contribution in [0.5, 0.6) is 0 Å². The van der Waals surface area contributed by atoms with Crippen molar-refractivity contribution in [3.8, 4) is 0 Å². The monoisotopic (exact) mass is 461 g/mol. The molecule has 2 aromatic carbocycles. The highest BCUT2D eigenvalue weighted by atomic mass is 16.5. The second-order valence-electron chi connectivity index (χ2n) is 8.14. The normalized spacial score (nSPS) is 11.0. The van der Waals surface area contributed by atoms with Gasteiger partial charge in [-0.3, -0.25) is 9.59 Å². The van der Waals surface area contributed by atoms with Crippen LogP contribution in [0.15, 0.2) is 59.4 Å². The molecule has 0 fully saturated rings. The molecule has 2 amide bonds. The number of aryl methyl sites for hydroxylation is 3. The molecule has 2 aromatic heterocycles. The van der Waals surface area contributed by atoms with Crippen LogP contribution < -0.4 is 5.32 Å². The molecule has 2 heterocycles. The molecular weight excluding hydrogens is 434 g/mol. The van der Waals surface area contributed by atoms with Crippen molar-refractivity contribution in [2.24, 2.45) is 0 Å². The van der Waals surface area contributed by atoms with Crippen LogP contribution in [0.25, 0.3) is 11.0 Å². The summed E-state index contributed by atoms with van der Waals surface area (Å²) in [5.41, 5.74) is 4.25. The van der Waals surface area contributed by atoms with E-state index in [2.05, 4.69) is 27.6 Å². The first-order chi connectivity index (χ1) is 16.4. The third kappa shape index (κ3) is 5.32. The second-order valence-corrected chi connectivity index (χ2v) is 8.14. The Balaban J connectivity index is 1.64. The van der Waals surface area contributed by atoms with Crippen LogP contribution in [-0.4, -0.2) is 52.2 Å². The first-order valence-electron chi connectivity index (χ1n) is 10.9. The molecule has 0 unspecified atom stereocenters. The lowest BCUT2D eigenvalue weighted by atomic mass is 10.1. The van der Waals surface area contributed by atoms with Gasteiger partial charge in [0.25, 0.3) is 5.91 Å². The molecule has 0 spiro atoms. The summed E-state index contributed by atoms with van der Waals surface area (Å²) in [5, 5.41) is 6.74. The average Bonchev–Trinajstić information content (AvgIpc) is 3.43. The maximum Gasteiger partial charge on any atom is 0.254 e. The van der Waals surface area contributed by atoms with E-state index in [0.717, 1.165) is 17.6 Å². The molecular formula is C25H27N5O4. The number of hydrogen-bond donors (Lipinski definition) is 1. The van der Waals surface area contributed by atoms with E-state index in [0.29, 0.717) is 29.1 Å². The molecule has 0 radical (unpaired) electrons. The highest BCUT2D eigenvalue weighted by Gasteiger charge is 2.19. The van der Waals surface area contributed by atoms with Crippen LogP contribution in [0.4, 0.5) is 5.69 Å². The minimum atomic E-state index is -0.310. The van der Waals surface area contributed by atoms with Crippen LogP contribution >= 0.6 is 0 Å². The third-order valence-corrected chi connectivity index (χ3v) is 5.41. The van der Waals surface area contributed by atoms with Crippen molar-refractivity contribution in [1.82, 2.24) is 19.6 Å². The fourth-order valence-electron chi connectivity index (χ4n) is 3.83. The predicted octanol–water partition coefficient (Wildman–Crippen LogP) is 3.43. The molecule has 34 heavy (non-hydrogen) atoms. The molecule has 4 aromatic rings. The Hall–Kier alpha value is -3.98. The van der Waals surface area contributed by atoms with Gasteiger partial charge in [0, 0.05) is 32.3 Å². The first kappa shape index (κ1) is 23.2. The highest BCUT2D eigenvalue weighted by Crippen LogP contribution is 2.27. The molecule has 0 aliphatic heterocycles. The number of carbonyl (C=O) groups is 2. The van der Waals surface area contributed by atoms with E-state index in [1.54, 1.807) is 31.6 Å². The number of aromatic nitrogens is 3. The number of amides is 2. The van der Waals surface area contributed by atoms with Crippen LogP contribution in [0.1, 0.15) is 27.4 Å². The molecule has 9 heteroatoms. The van der Waals surface area contributed by atoms with E-state index >= 15 is 0 Å². The molecule has 0 atom stereocenters. The van der Waals surface area contributed by atoms with Gasteiger partial charge in [-0.1, -0.05) is 35.5 Å². The number of imidazole rings is 1. The number of fused-ring (bicyclic) bond motifs is 1. The van der Waals surface area contributed by atoms with Crippen molar-refractivity contribution in [2.45, 2.75) is 26.4 Å². The topological polar surface area (TPSA) is 102 Å². The van der Waals surface area contributed by atoms with E-state index in [-0.39, 0.29) is 25.0 Å². The van der Waals surface area contributed by atoms with Gasteiger partial charge in [0.15, 0.2) is 5.76 Å². The first-order valence-corrected chi connectivity index (χ1v) is 10.9. The van der Waals surface area contributed by atoms with E-state index < -0.39 is 0 Å². The van der Waals surface area contributed by atoms with Crippen molar-refractivity contribution in [1.29, 1.82) is 0 Å². The molecule has 176 valence electrons. The SMILES string of the molecule is COCC(=O)Nc1cc(C(=O)N(C)Cc2cc(C)no2)cc2ncn(CCc3ccccc3)c12. The standard InChI is InChI=1S/C25H27N5O4/c1-17-11-20(34-28-17)14-29(2)25(32)19-12-21-24(22(13-19)27-23(31)15-33-3)30(16-26-21)10-9-18-7-5-4-6-8-18/h4-8,11-13,16H,9-10,14-15H2,1-3H3,(H,27,31). The predicted molar refractivity (Wildman–Crippen MR) is 127 cm³/mol. The molecule has 4 rings (SSSR count). The van der Waals surface area contributed by atoms with E-state index in [9.17, 15) is 9.59 Å². The molecule has 0 saturated heterocycles. The third-order valence-electron chi connectivity index (χ3n) is 5.41. The van der Waals surface area contributed by atoms with Gasteiger partial charge in [-0.05, 0) is 31.0 Å². The van der Waals surface area contributed by atoms with Gasteiger partial charge < -0.3 is 24.0 Å². The summed E-state index contributed by atoms with van der Waals surface area (Å²) in [7, 11) is 3.14. The summed E-state index contributed by atoms with van der Waals surface area (Å²) in [5.74, 6) is 0.0555. The largest absolute Gasteiger partial charge is 0.375 e. The minimum Gasteiger partial charge on any atom is -0.375 e. The Bertz CT molecular complexity index is 1300. The van der Waals surface area contributed by atoms with E-state index in [4.69, 9.17) is 9.26 Å². The fraction of sp³-hybridized carbons (Fsp3) is 0.280. The number of ether oxygens (including phenoxy) is 1. The Morgan fingerprint density at radius 2 is 1.97 bits per heavy atom. The summed E-state index contributed by atoms with van der Waals surface area (Å²) in [6.45, 7) is 2.68. The van der Waals surface area contributed by atoms with Gasteiger partial charge in [0.2, 0.25) is 5.91 Å². The van der Waals surface area contributed by atoms with E-state index in [1.165, 1.54) is 17.6 Å². The molecule has 0 aliphatic rings. The van der Waals surface area contributed by atoms with Gasteiger partial charge in [0.05, 0.1) is 35.3 Å². The average molecular weight is 462 g/mol. The van der Waals surface area contributed by atoms with Crippen LogP contribution in [0.2, 0.25) is 0 Å². The van der Waals surface area contributed by atoms with Gasteiger partial charge in [-0.25, -0.2) is 4.98 Å². The number of rotatable bonds is 9. The Morgan fingerprint density at radius 1 is 1.18 bits per heavy atom. The zero-order chi connectivity index (χ0) is 24.1. The number of benzene rings is 2. The number of methoxy groups -OCH3 is 1. The van der Waals surface area contributed by atoms with E-state index in [1.807, 2.05) is 29.7 Å². The van der Waals surface area contributed by atoms with Crippen molar-refractivity contribution >= 4 is 28.5 Å². The molecule has 1 N–H and O–H groups in total. The number of nitrogens with zero attached hydrogens (tertiary/aromatic N) is 4. The van der Waals surface area contributed by atoms with Crippen LogP contribution in [-0.2, 0) is 29.0 Å². The van der Waals surface area contributed by atoms with Crippen molar-refractivity contribution in [3.05, 3.63) is 77.4 Å². The molecule has 0 saturated carbocycles. The number of anilines is 1. The van der Waals surface area contributed by atoms with Crippen molar-refractivity contribution in [3.63, 3.8) is 0 Å². The lowest BCUT2D eigenvalue weighted by Crippen LogP contribution is -2.26. The zero-order valence-electron chi connectivity index (χ0n) is 19.4. The minimum absolute atomic E-state index is 0.0947. The molecule has 9 nitrogen and oxygen atoms in total. The lowest BCUT2D eigenvalue weighted by molar-refractivity contribution is -0.119. The van der Waals surface area contributed by atoms with Crippen LogP contribution in [0, 0.1) is 6.92 Å². The summed E-state index contributed by atoms with van der Waals surface area (Å²) >= 11 is 0. The maximum absolute atomic E-state index is 13.2. The van der Waals surface area contributed by atoms with Crippen LogP contribution in [0.3, 0.4) is 0 Å². The highest BCUT2D eigenvalue weighted by molar-refractivity contribution is 6.05. The van der Waals surface area contributed by atoms with Gasteiger partial charge in [0.1, 0.15) is 6.61 Å². The molecule has 0 aliphatic carbocycles. The Morgan fingerprint density at radius 3 is 2.68 bits per heavy atom. The molecule has 0 bridgehead atoms. The second kappa shape index (κ2) is 10.3. The van der Waals surface area contributed by atoms with Crippen molar-refractivity contribution < 1.29 is 18.8 Å². The zero-order valence-corrected chi connectivity index (χ0v) is 19.4. The smallest absolute Gasteiger partial charge is 0.254 e. The van der Waals surface area contributed by atoms with Gasteiger partial charge in [-0.2, -0.15) is 0 Å². The van der Waals surface area contributed by atoms with Gasteiger partial charge in [-0.15, -0.1) is 0 Å². The number of carbonyl (C=O) groups excluding carboxylic acids is 2. The van der Waals surface area contributed by atoms with Gasteiger partial charge >= 0.3 is 0 Å². The summed E-state index contributed by atoms with van der Waals surface area (Å²) in [6, 6.07) is 15.4. The lowest BCUT2D eigenvalue weighted by Gasteiger charge is -2.17. The number of hydrogen-bond acceptors (Lipinski definition) is 6. The fourth-order valence-corrected chi connectivity index (χ4v) is 3.83. The Kier molecular flexibility index (Phi) is 7.03. The summed E-state index contributed by atoms with van der Waals surface area (Å²) < 4.78 is 12.2. The summed E-state index contributed by atoms with van der Waals surface area (Å²) in [6.07, 6.45) is 2.53. The van der Waals surface area contributed by atoms with Crippen molar-refractivity contribution in [2.75, 3.05) is 26.1 Å². The Labute approximate surface area is 197 Å². The number of nitrogens with one attached hydrogen (secondary N) is 1. The summed E-state index contributed by atoms with van der Waals surface area (Å²) in [4.78, 5) is 31.6.